The second-order valence-electron chi connectivity index (χ2n) is 5.60. The zero-order valence-electron chi connectivity index (χ0n) is 14.2. The summed E-state index contributed by atoms with van der Waals surface area (Å²) in [7, 11) is 1.27. The van der Waals surface area contributed by atoms with Gasteiger partial charge in [0.2, 0.25) is 0 Å². The summed E-state index contributed by atoms with van der Waals surface area (Å²) in [5.41, 5.74) is 1.16. The van der Waals surface area contributed by atoms with E-state index in [1.807, 2.05) is 0 Å². The van der Waals surface area contributed by atoms with Gasteiger partial charge in [-0.3, -0.25) is 4.79 Å². The van der Waals surface area contributed by atoms with Crippen LogP contribution >= 0.6 is 23.2 Å². The van der Waals surface area contributed by atoms with Gasteiger partial charge in [-0.25, -0.2) is 9.18 Å². The van der Waals surface area contributed by atoms with Gasteiger partial charge in [0.15, 0.2) is 6.54 Å². The molecule has 138 valence electrons. The molecular weight excluding hydrogens is 382 g/mol. The van der Waals surface area contributed by atoms with Gasteiger partial charge in [0.1, 0.15) is 11.9 Å². The minimum atomic E-state index is -0.567. The Morgan fingerprint density at radius 3 is 2.62 bits per heavy atom. The van der Waals surface area contributed by atoms with Gasteiger partial charge in [-0.15, -0.1) is 0 Å². The summed E-state index contributed by atoms with van der Waals surface area (Å²) in [6, 6.07) is 8.87. The van der Waals surface area contributed by atoms with Gasteiger partial charge in [0.25, 0.3) is 5.91 Å². The standard InChI is InChI=1S/C18H17Cl2FN2O3/c1-10(12-7-15(21)14(20)8-13(12)19)22-9-17(24)23-16-6-4-3-5-11(16)18(25)26-2/h3-8,10,22H,9H2,1-2H3,(H,23,24)/p+1/t10-/m1/s1. The monoisotopic (exact) mass is 399 g/mol. The largest absolute Gasteiger partial charge is 0.465 e. The maximum Gasteiger partial charge on any atom is 0.339 e. The number of halogens is 3. The number of carbonyl (C=O) groups excluding carboxylic acids is 2. The highest BCUT2D eigenvalue weighted by Crippen LogP contribution is 2.27. The number of ether oxygens (including phenoxy) is 1. The number of anilines is 1. The molecule has 0 spiro atoms. The minimum absolute atomic E-state index is 0.0527. The average Bonchev–Trinajstić information content (AvgIpc) is 2.62. The Morgan fingerprint density at radius 2 is 1.92 bits per heavy atom. The van der Waals surface area contributed by atoms with Gasteiger partial charge in [-0.05, 0) is 31.2 Å². The number of nitrogens with two attached hydrogens (primary N) is 1. The van der Waals surface area contributed by atoms with Crippen molar-refractivity contribution in [1.29, 1.82) is 0 Å². The van der Waals surface area contributed by atoms with E-state index >= 15 is 0 Å². The first-order chi connectivity index (χ1) is 12.3. The van der Waals surface area contributed by atoms with Crippen LogP contribution in [0, 0.1) is 5.82 Å². The molecule has 0 fully saturated rings. The van der Waals surface area contributed by atoms with E-state index in [-0.39, 0.29) is 29.1 Å². The third-order valence-electron chi connectivity index (χ3n) is 3.79. The number of carbonyl (C=O) groups is 2. The summed E-state index contributed by atoms with van der Waals surface area (Å²) in [6.07, 6.45) is 0. The van der Waals surface area contributed by atoms with Crippen LogP contribution in [0.15, 0.2) is 36.4 Å². The van der Waals surface area contributed by atoms with Crippen molar-refractivity contribution in [1.82, 2.24) is 0 Å². The Labute approximate surface area is 160 Å². The van der Waals surface area contributed by atoms with Crippen LogP contribution in [0.5, 0.6) is 0 Å². The van der Waals surface area contributed by atoms with Crippen molar-refractivity contribution in [3.63, 3.8) is 0 Å². The maximum absolute atomic E-state index is 13.6. The summed E-state index contributed by atoms with van der Waals surface area (Å²) in [5.74, 6) is -1.43. The van der Waals surface area contributed by atoms with Crippen LogP contribution in [-0.4, -0.2) is 25.5 Å². The number of quaternary nitrogens is 1. The maximum atomic E-state index is 13.6. The predicted molar refractivity (Wildman–Crippen MR) is 98.0 cm³/mol. The molecule has 2 rings (SSSR count). The highest BCUT2D eigenvalue weighted by molar-refractivity contribution is 6.35. The number of methoxy groups -OCH3 is 1. The highest BCUT2D eigenvalue weighted by Gasteiger charge is 2.18. The van der Waals surface area contributed by atoms with Crippen LogP contribution in [0.2, 0.25) is 10.0 Å². The summed E-state index contributed by atoms with van der Waals surface area (Å²) < 4.78 is 18.3. The lowest BCUT2D eigenvalue weighted by Gasteiger charge is -2.14. The molecule has 0 aliphatic heterocycles. The summed E-state index contributed by atoms with van der Waals surface area (Å²) in [5, 5.41) is 4.65. The average molecular weight is 400 g/mol. The highest BCUT2D eigenvalue weighted by atomic mass is 35.5. The second kappa shape index (κ2) is 8.98. The van der Waals surface area contributed by atoms with Gasteiger partial charge in [-0.1, -0.05) is 35.3 Å². The fourth-order valence-corrected chi connectivity index (χ4v) is 2.93. The second-order valence-corrected chi connectivity index (χ2v) is 6.42. The van der Waals surface area contributed by atoms with Crippen LogP contribution < -0.4 is 10.6 Å². The van der Waals surface area contributed by atoms with E-state index in [0.29, 0.717) is 16.3 Å². The topological polar surface area (TPSA) is 72.0 Å². The lowest BCUT2D eigenvalue weighted by atomic mass is 10.1. The molecule has 0 radical (unpaired) electrons. The minimum Gasteiger partial charge on any atom is -0.465 e. The normalized spacial score (nSPS) is 11.7. The van der Waals surface area contributed by atoms with Gasteiger partial charge in [-0.2, -0.15) is 0 Å². The zero-order chi connectivity index (χ0) is 19.3. The molecule has 0 bridgehead atoms. The number of rotatable bonds is 6. The van der Waals surface area contributed by atoms with Crippen molar-refractivity contribution in [3.05, 3.63) is 63.4 Å². The van der Waals surface area contributed by atoms with Crippen molar-refractivity contribution >= 4 is 40.8 Å². The van der Waals surface area contributed by atoms with Crippen LogP contribution in [0.1, 0.15) is 28.9 Å². The molecule has 0 saturated carbocycles. The third-order valence-corrected chi connectivity index (χ3v) is 4.41. The Balaban J connectivity index is 2.02. The fraction of sp³-hybridized carbons (Fsp3) is 0.222. The smallest absolute Gasteiger partial charge is 0.339 e. The SMILES string of the molecule is COC(=O)c1ccccc1NC(=O)C[NH2+][C@H](C)c1cc(F)c(Cl)cc1Cl. The number of nitrogens with one attached hydrogen (secondary N) is 1. The summed E-state index contributed by atoms with van der Waals surface area (Å²) >= 11 is 11.8. The van der Waals surface area contributed by atoms with E-state index in [9.17, 15) is 14.0 Å². The molecule has 0 unspecified atom stereocenters. The van der Waals surface area contributed by atoms with Crippen LogP contribution in [-0.2, 0) is 9.53 Å². The number of para-hydroxylation sites is 1. The molecule has 0 aromatic heterocycles. The fourth-order valence-electron chi connectivity index (χ4n) is 2.38. The molecule has 1 amide bonds. The Kier molecular flexibility index (Phi) is 6.97. The number of benzene rings is 2. The van der Waals surface area contributed by atoms with Crippen molar-refractivity contribution in [2.45, 2.75) is 13.0 Å². The number of amides is 1. The number of hydrogen-bond acceptors (Lipinski definition) is 3. The van der Waals surface area contributed by atoms with Crippen LogP contribution in [0.25, 0.3) is 0 Å². The van der Waals surface area contributed by atoms with E-state index < -0.39 is 11.8 Å². The van der Waals surface area contributed by atoms with E-state index in [0.717, 1.165) is 0 Å². The van der Waals surface area contributed by atoms with E-state index in [1.54, 1.807) is 36.5 Å². The number of hydrogen-bond donors (Lipinski definition) is 2. The molecule has 8 heteroatoms. The predicted octanol–water partition coefficient (Wildman–Crippen LogP) is 3.18. The van der Waals surface area contributed by atoms with Crippen molar-refractivity contribution in [3.8, 4) is 0 Å². The quantitative estimate of drug-likeness (QED) is 0.578. The molecule has 0 heterocycles. The van der Waals surface area contributed by atoms with E-state index in [4.69, 9.17) is 23.2 Å². The molecule has 1 atom stereocenters. The third kappa shape index (κ3) is 4.94. The molecule has 0 aliphatic rings. The Hall–Kier alpha value is -2.15. The lowest BCUT2D eigenvalue weighted by Crippen LogP contribution is -2.86. The summed E-state index contributed by atoms with van der Waals surface area (Å²) in [6.45, 7) is 1.85. The molecule has 3 N–H and O–H groups in total. The van der Waals surface area contributed by atoms with Gasteiger partial charge in [0, 0.05) is 5.56 Å². The molecular formula is C18H18Cl2FN2O3+. The van der Waals surface area contributed by atoms with E-state index in [1.165, 1.54) is 19.2 Å². The molecule has 2 aromatic rings. The van der Waals surface area contributed by atoms with Gasteiger partial charge >= 0.3 is 5.97 Å². The zero-order valence-corrected chi connectivity index (χ0v) is 15.7. The van der Waals surface area contributed by atoms with E-state index in [2.05, 4.69) is 10.1 Å². The first kappa shape index (κ1) is 20.2. The molecule has 2 aromatic carbocycles. The van der Waals surface area contributed by atoms with Crippen molar-refractivity contribution < 1.29 is 24.0 Å². The number of esters is 1. The van der Waals surface area contributed by atoms with Crippen molar-refractivity contribution in [2.75, 3.05) is 19.0 Å². The molecule has 0 saturated heterocycles. The lowest BCUT2D eigenvalue weighted by molar-refractivity contribution is -0.682. The van der Waals surface area contributed by atoms with Crippen LogP contribution in [0.4, 0.5) is 10.1 Å². The molecule has 0 aliphatic carbocycles. The van der Waals surface area contributed by atoms with Crippen LogP contribution in [0.3, 0.4) is 0 Å². The van der Waals surface area contributed by atoms with Gasteiger partial charge in [0.05, 0.1) is 28.4 Å². The van der Waals surface area contributed by atoms with Crippen molar-refractivity contribution in [2.24, 2.45) is 0 Å². The Morgan fingerprint density at radius 1 is 1.23 bits per heavy atom. The van der Waals surface area contributed by atoms with Gasteiger partial charge < -0.3 is 15.4 Å². The summed E-state index contributed by atoms with van der Waals surface area (Å²) in [4.78, 5) is 23.9. The first-order valence-corrected chi connectivity index (χ1v) is 8.54. The molecule has 5 nitrogen and oxygen atoms in total. The molecule has 26 heavy (non-hydrogen) atoms. The first-order valence-electron chi connectivity index (χ1n) is 7.78. The Bertz CT molecular complexity index is 830.